The van der Waals surface area contributed by atoms with Crippen molar-refractivity contribution in [2.75, 3.05) is 13.1 Å². The predicted octanol–water partition coefficient (Wildman–Crippen LogP) is 2.74. The Morgan fingerprint density at radius 1 is 1.50 bits per heavy atom. The van der Waals surface area contributed by atoms with E-state index in [1.807, 2.05) is 13.0 Å². The molecule has 98 valence electrons. The van der Waals surface area contributed by atoms with Gasteiger partial charge in [-0.1, -0.05) is 22.9 Å². The van der Waals surface area contributed by atoms with E-state index in [4.69, 9.17) is 5.11 Å². The first-order chi connectivity index (χ1) is 8.45. The van der Waals surface area contributed by atoms with E-state index < -0.39 is 5.97 Å². The summed E-state index contributed by atoms with van der Waals surface area (Å²) in [4.78, 5) is 13.1. The van der Waals surface area contributed by atoms with Gasteiger partial charge in [-0.15, -0.1) is 0 Å². The Labute approximate surface area is 114 Å². The summed E-state index contributed by atoms with van der Waals surface area (Å²) in [5.41, 5.74) is 0.861. The summed E-state index contributed by atoms with van der Waals surface area (Å²) >= 11 is 3.26. The monoisotopic (exact) mass is 315 g/mol. The van der Waals surface area contributed by atoms with Crippen LogP contribution in [0.3, 0.4) is 0 Å². The van der Waals surface area contributed by atoms with Crippen molar-refractivity contribution in [2.24, 2.45) is 11.8 Å². The summed E-state index contributed by atoms with van der Waals surface area (Å²) in [5, 5.41) is 9.06. The molecule has 1 aliphatic rings. The molecule has 1 aromatic rings. The summed E-state index contributed by atoms with van der Waals surface area (Å²) in [5.74, 6) is -1.20. The lowest BCUT2D eigenvalue weighted by molar-refractivity contribution is -0.142. The van der Waals surface area contributed by atoms with Crippen LogP contribution in [0.5, 0.6) is 0 Å². The van der Waals surface area contributed by atoms with E-state index in [1.165, 1.54) is 12.1 Å². The van der Waals surface area contributed by atoms with E-state index in [9.17, 15) is 9.18 Å². The summed E-state index contributed by atoms with van der Waals surface area (Å²) in [6, 6.07) is 4.77. The second-order valence-corrected chi connectivity index (χ2v) is 5.81. The van der Waals surface area contributed by atoms with Crippen molar-refractivity contribution in [1.29, 1.82) is 0 Å². The zero-order valence-corrected chi connectivity index (χ0v) is 11.7. The van der Waals surface area contributed by atoms with Crippen molar-refractivity contribution >= 4 is 21.9 Å². The van der Waals surface area contributed by atoms with Gasteiger partial charge in [-0.25, -0.2) is 4.39 Å². The van der Waals surface area contributed by atoms with Crippen molar-refractivity contribution in [3.05, 3.63) is 34.1 Å². The number of halogens is 2. The Kier molecular flexibility index (Phi) is 4.02. The number of aliphatic carboxylic acids is 1. The highest BCUT2D eigenvalue weighted by Gasteiger charge is 2.34. The number of hydrogen-bond donors (Lipinski definition) is 1. The zero-order valence-electron chi connectivity index (χ0n) is 10.1. The van der Waals surface area contributed by atoms with E-state index in [0.717, 1.165) is 12.1 Å². The molecule has 0 bridgehead atoms. The van der Waals surface area contributed by atoms with Gasteiger partial charge in [0.1, 0.15) is 5.82 Å². The fraction of sp³-hybridized carbons (Fsp3) is 0.462. The van der Waals surface area contributed by atoms with Gasteiger partial charge in [0, 0.05) is 24.1 Å². The molecule has 1 fully saturated rings. The van der Waals surface area contributed by atoms with Crippen LogP contribution in [-0.4, -0.2) is 29.1 Å². The quantitative estimate of drug-likeness (QED) is 0.932. The number of hydrogen-bond acceptors (Lipinski definition) is 2. The van der Waals surface area contributed by atoms with Crippen molar-refractivity contribution in [3.8, 4) is 0 Å². The molecular formula is C13H15BrFNO2. The van der Waals surface area contributed by atoms with Gasteiger partial charge in [-0.05, 0) is 29.7 Å². The van der Waals surface area contributed by atoms with Crippen molar-refractivity contribution in [2.45, 2.75) is 13.5 Å². The topological polar surface area (TPSA) is 40.5 Å². The molecular weight excluding hydrogens is 301 g/mol. The number of rotatable bonds is 3. The fourth-order valence-electron chi connectivity index (χ4n) is 2.48. The van der Waals surface area contributed by atoms with Crippen LogP contribution in [0, 0.1) is 17.7 Å². The maximum absolute atomic E-state index is 13.2. The van der Waals surface area contributed by atoms with E-state index >= 15 is 0 Å². The van der Waals surface area contributed by atoms with E-state index in [-0.39, 0.29) is 17.7 Å². The molecule has 0 saturated carbocycles. The highest BCUT2D eigenvalue weighted by Crippen LogP contribution is 2.25. The normalized spacial score (nSPS) is 24.4. The standard InChI is InChI=1S/C13H15BrFNO2/c1-8-5-16(7-12(8)13(17)18)6-9-2-10(14)4-11(15)3-9/h2-4,8,12H,5-7H2,1H3,(H,17,18)/t8-,12-/m1/s1. The van der Waals surface area contributed by atoms with Crippen LogP contribution in [0.4, 0.5) is 4.39 Å². The molecule has 2 atom stereocenters. The lowest BCUT2D eigenvalue weighted by Gasteiger charge is -2.15. The third kappa shape index (κ3) is 3.09. The van der Waals surface area contributed by atoms with Crippen molar-refractivity contribution < 1.29 is 14.3 Å². The lowest BCUT2D eigenvalue weighted by Crippen LogP contribution is -2.23. The Hall–Kier alpha value is -0.940. The first-order valence-corrected chi connectivity index (χ1v) is 6.65. The van der Waals surface area contributed by atoms with Gasteiger partial charge in [0.25, 0.3) is 0 Å². The van der Waals surface area contributed by atoms with E-state index in [2.05, 4.69) is 20.8 Å². The van der Waals surface area contributed by atoms with E-state index in [1.54, 1.807) is 0 Å². The summed E-state index contributed by atoms with van der Waals surface area (Å²) in [6.07, 6.45) is 0. The van der Waals surface area contributed by atoms with Crippen LogP contribution in [0.25, 0.3) is 0 Å². The smallest absolute Gasteiger partial charge is 0.308 e. The maximum Gasteiger partial charge on any atom is 0.308 e. The molecule has 0 aromatic heterocycles. The molecule has 1 N–H and O–H groups in total. The Morgan fingerprint density at radius 3 is 2.78 bits per heavy atom. The van der Waals surface area contributed by atoms with Crippen molar-refractivity contribution in [1.82, 2.24) is 4.90 Å². The highest BCUT2D eigenvalue weighted by molar-refractivity contribution is 9.10. The van der Waals surface area contributed by atoms with Crippen LogP contribution in [0.1, 0.15) is 12.5 Å². The van der Waals surface area contributed by atoms with Gasteiger partial charge in [0.2, 0.25) is 0 Å². The fourth-order valence-corrected chi connectivity index (χ4v) is 2.99. The molecule has 1 heterocycles. The molecule has 1 saturated heterocycles. The lowest BCUT2D eigenvalue weighted by atomic mass is 9.99. The van der Waals surface area contributed by atoms with Crippen LogP contribution in [-0.2, 0) is 11.3 Å². The van der Waals surface area contributed by atoms with Gasteiger partial charge in [-0.3, -0.25) is 9.69 Å². The Morgan fingerprint density at radius 2 is 2.22 bits per heavy atom. The summed E-state index contributed by atoms with van der Waals surface area (Å²) in [6.45, 7) is 3.81. The molecule has 0 aliphatic carbocycles. The van der Waals surface area contributed by atoms with Crippen molar-refractivity contribution in [3.63, 3.8) is 0 Å². The van der Waals surface area contributed by atoms with Gasteiger partial charge in [0.15, 0.2) is 0 Å². The molecule has 0 radical (unpaired) electrons. The number of benzene rings is 1. The minimum atomic E-state index is -0.745. The molecule has 0 unspecified atom stereocenters. The summed E-state index contributed by atoms with van der Waals surface area (Å²) in [7, 11) is 0. The first kappa shape index (κ1) is 13.5. The molecule has 5 heteroatoms. The van der Waals surface area contributed by atoms with Crippen LogP contribution in [0.2, 0.25) is 0 Å². The van der Waals surface area contributed by atoms with E-state index in [0.29, 0.717) is 17.6 Å². The molecule has 18 heavy (non-hydrogen) atoms. The molecule has 0 spiro atoms. The minimum absolute atomic E-state index is 0.138. The minimum Gasteiger partial charge on any atom is -0.481 e. The maximum atomic E-state index is 13.2. The van der Waals surface area contributed by atoms with Gasteiger partial charge in [0.05, 0.1) is 5.92 Å². The molecule has 2 rings (SSSR count). The molecule has 1 aliphatic heterocycles. The number of likely N-dealkylation sites (tertiary alicyclic amines) is 1. The Balaban J connectivity index is 2.05. The molecule has 1 aromatic carbocycles. The van der Waals surface area contributed by atoms with Crippen LogP contribution >= 0.6 is 15.9 Å². The van der Waals surface area contributed by atoms with Crippen LogP contribution < -0.4 is 0 Å². The Bertz CT molecular complexity index is 446. The first-order valence-electron chi connectivity index (χ1n) is 5.86. The predicted molar refractivity (Wildman–Crippen MR) is 69.7 cm³/mol. The second kappa shape index (κ2) is 5.36. The number of carboxylic acid groups (broad SMARTS) is 1. The van der Waals surface area contributed by atoms with Crippen LogP contribution in [0.15, 0.2) is 22.7 Å². The largest absolute Gasteiger partial charge is 0.481 e. The number of carbonyl (C=O) groups is 1. The second-order valence-electron chi connectivity index (χ2n) is 4.89. The highest BCUT2D eigenvalue weighted by atomic mass is 79.9. The summed E-state index contributed by atoms with van der Waals surface area (Å²) < 4.78 is 13.9. The molecule has 0 amide bonds. The average molecular weight is 316 g/mol. The number of carboxylic acids is 1. The zero-order chi connectivity index (χ0) is 13.3. The third-order valence-corrected chi connectivity index (χ3v) is 3.79. The molecule has 3 nitrogen and oxygen atoms in total. The van der Waals surface area contributed by atoms with Gasteiger partial charge in [-0.2, -0.15) is 0 Å². The third-order valence-electron chi connectivity index (χ3n) is 3.33. The van der Waals surface area contributed by atoms with Gasteiger partial charge >= 0.3 is 5.97 Å². The number of nitrogens with zero attached hydrogens (tertiary/aromatic N) is 1. The SMILES string of the molecule is C[C@@H]1CN(Cc2cc(F)cc(Br)c2)C[C@H]1C(=O)O. The average Bonchev–Trinajstić information content (AvgIpc) is 2.57. The van der Waals surface area contributed by atoms with Gasteiger partial charge < -0.3 is 5.11 Å².